The third-order valence-corrected chi connectivity index (χ3v) is 5.21. The van der Waals surface area contributed by atoms with Crippen LogP contribution in [0.3, 0.4) is 0 Å². The van der Waals surface area contributed by atoms with Crippen LogP contribution in [0, 0.1) is 11.5 Å². The van der Waals surface area contributed by atoms with Crippen molar-refractivity contribution in [2.75, 3.05) is 42.9 Å². The molecule has 0 atom stereocenters. The molecule has 2 aromatic carbocycles. The molecule has 1 saturated heterocycles. The number of hydrogen-bond acceptors (Lipinski definition) is 5. The van der Waals surface area contributed by atoms with Crippen molar-refractivity contribution in [3.63, 3.8) is 0 Å². The van der Waals surface area contributed by atoms with Crippen molar-refractivity contribution in [3.05, 3.63) is 58.6 Å². The molecule has 0 bridgehead atoms. The molecule has 2 aromatic rings. The summed E-state index contributed by atoms with van der Waals surface area (Å²) in [5, 5.41) is 14.3. The van der Waals surface area contributed by atoms with Gasteiger partial charge >= 0.3 is 0 Å². The minimum Gasteiger partial charge on any atom is -0.369 e. The van der Waals surface area contributed by atoms with Gasteiger partial charge in [-0.25, -0.2) is 0 Å². The first-order chi connectivity index (χ1) is 14.0. The average Bonchev–Trinajstić information content (AvgIpc) is 2.74. The number of anilines is 2. The summed E-state index contributed by atoms with van der Waals surface area (Å²) in [6.07, 6.45) is 1.65. The van der Waals surface area contributed by atoms with Crippen LogP contribution in [0.1, 0.15) is 27.6 Å². The molecule has 8 heteroatoms. The number of nitrogens with one attached hydrogen (secondary N) is 2. The van der Waals surface area contributed by atoms with E-state index < -0.39 is 5.91 Å². The van der Waals surface area contributed by atoms with Crippen molar-refractivity contribution >= 4 is 34.8 Å². The standard InChI is InChI=1S/C21H22ClN5O2/c1-2-26-9-11-27(12-10-26)17-7-8-19(18(13-17)21(29)24-14-23)25-20(28)15-3-5-16(22)6-4-15/h3-8,13H,2,9-12H2,1H3,(H,24,29)(H,25,28). The van der Waals surface area contributed by atoms with Gasteiger partial charge in [-0.15, -0.1) is 0 Å². The highest BCUT2D eigenvalue weighted by Crippen LogP contribution is 2.25. The number of piperazine rings is 1. The fraction of sp³-hybridized carbons (Fsp3) is 0.286. The number of nitriles is 1. The summed E-state index contributed by atoms with van der Waals surface area (Å²) in [6.45, 7) is 6.75. The van der Waals surface area contributed by atoms with Crippen LogP contribution in [-0.4, -0.2) is 49.4 Å². The summed E-state index contributed by atoms with van der Waals surface area (Å²) in [4.78, 5) is 29.5. The third-order valence-electron chi connectivity index (χ3n) is 4.96. The minimum atomic E-state index is -0.562. The molecule has 0 spiro atoms. The van der Waals surface area contributed by atoms with Crippen molar-refractivity contribution in [3.8, 4) is 6.19 Å². The second kappa shape index (κ2) is 9.41. The minimum absolute atomic E-state index is 0.240. The Labute approximate surface area is 174 Å². The number of carbonyl (C=O) groups excluding carboxylic acids is 2. The first kappa shape index (κ1) is 20.6. The zero-order chi connectivity index (χ0) is 20.8. The zero-order valence-corrected chi connectivity index (χ0v) is 16.9. The summed E-state index contributed by atoms with van der Waals surface area (Å²) in [5.41, 5.74) is 1.88. The van der Waals surface area contributed by atoms with E-state index >= 15 is 0 Å². The van der Waals surface area contributed by atoms with E-state index in [0.717, 1.165) is 38.4 Å². The SMILES string of the molecule is CCN1CCN(c2ccc(NC(=O)c3ccc(Cl)cc3)c(C(=O)NC#N)c2)CC1. The lowest BCUT2D eigenvalue weighted by atomic mass is 10.1. The van der Waals surface area contributed by atoms with Crippen LogP contribution in [0.4, 0.5) is 11.4 Å². The predicted octanol–water partition coefficient (Wildman–Crippen LogP) is 2.95. The average molecular weight is 412 g/mol. The number of halogens is 1. The largest absolute Gasteiger partial charge is 0.369 e. The van der Waals surface area contributed by atoms with Gasteiger partial charge in [-0.05, 0) is 49.0 Å². The topological polar surface area (TPSA) is 88.5 Å². The fourth-order valence-electron chi connectivity index (χ4n) is 3.26. The highest BCUT2D eigenvalue weighted by atomic mass is 35.5. The van der Waals surface area contributed by atoms with Gasteiger partial charge in [-0.2, -0.15) is 5.26 Å². The zero-order valence-electron chi connectivity index (χ0n) is 16.1. The summed E-state index contributed by atoms with van der Waals surface area (Å²) in [7, 11) is 0. The van der Waals surface area contributed by atoms with Gasteiger partial charge in [0.1, 0.15) is 0 Å². The molecule has 0 aliphatic carbocycles. The molecule has 2 N–H and O–H groups in total. The molecular weight excluding hydrogens is 390 g/mol. The molecule has 1 fully saturated rings. The second-order valence-corrected chi connectivity index (χ2v) is 7.11. The summed E-state index contributed by atoms with van der Waals surface area (Å²) in [5.74, 6) is -0.926. The van der Waals surface area contributed by atoms with E-state index in [1.807, 2.05) is 6.07 Å². The molecule has 0 saturated carbocycles. The molecule has 2 amide bonds. The van der Waals surface area contributed by atoms with Crippen LogP contribution in [-0.2, 0) is 0 Å². The van der Waals surface area contributed by atoms with Crippen LogP contribution in [0.25, 0.3) is 0 Å². The van der Waals surface area contributed by atoms with Gasteiger partial charge in [0, 0.05) is 42.5 Å². The third kappa shape index (κ3) is 5.05. The van der Waals surface area contributed by atoms with Crippen molar-refractivity contribution in [2.24, 2.45) is 0 Å². The molecule has 1 aliphatic heterocycles. The molecule has 0 radical (unpaired) electrons. The summed E-state index contributed by atoms with van der Waals surface area (Å²) >= 11 is 5.86. The van der Waals surface area contributed by atoms with Crippen molar-refractivity contribution in [2.45, 2.75) is 6.92 Å². The Morgan fingerprint density at radius 1 is 1.07 bits per heavy atom. The molecule has 150 valence electrons. The van der Waals surface area contributed by atoms with Gasteiger partial charge in [0.05, 0.1) is 11.3 Å². The van der Waals surface area contributed by atoms with Crippen molar-refractivity contribution < 1.29 is 9.59 Å². The normalized spacial score (nSPS) is 14.2. The van der Waals surface area contributed by atoms with Crippen molar-refractivity contribution in [1.29, 1.82) is 5.26 Å². The van der Waals surface area contributed by atoms with E-state index in [2.05, 4.69) is 27.4 Å². The van der Waals surface area contributed by atoms with Gasteiger partial charge in [0.25, 0.3) is 11.8 Å². The van der Waals surface area contributed by atoms with Gasteiger partial charge in [-0.1, -0.05) is 18.5 Å². The molecule has 1 heterocycles. The number of likely N-dealkylation sites (N-methyl/N-ethyl adjacent to an activating group) is 1. The smallest absolute Gasteiger partial charge is 0.266 e. The molecule has 7 nitrogen and oxygen atoms in total. The maximum absolute atomic E-state index is 12.5. The van der Waals surface area contributed by atoms with Gasteiger partial charge in [0.15, 0.2) is 6.19 Å². The molecule has 29 heavy (non-hydrogen) atoms. The quantitative estimate of drug-likeness (QED) is 0.583. The number of amides is 2. The number of nitrogens with zero attached hydrogens (tertiary/aromatic N) is 3. The predicted molar refractivity (Wildman–Crippen MR) is 113 cm³/mol. The van der Waals surface area contributed by atoms with E-state index in [0.29, 0.717) is 16.3 Å². The van der Waals surface area contributed by atoms with Gasteiger partial charge in [0.2, 0.25) is 0 Å². The first-order valence-electron chi connectivity index (χ1n) is 9.39. The lowest BCUT2D eigenvalue weighted by Crippen LogP contribution is -2.46. The molecule has 1 aliphatic rings. The lowest BCUT2D eigenvalue weighted by molar-refractivity contribution is 0.0973. The van der Waals surface area contributed by atoms with Crippen LogP contribution in [0.15, 0.2) is 42.5 Å². The molecule has 3 rings (SSSR count). The van der Waals surface area contributed by atoms with Gasteiger partial charge in [-0.3, -0.25) is 14.9 Å². The van der Waals surface area contributed by atoms with Crippen LogP contribution in [0.2, 0.25) is 5.02 Å². The van der Waals surface area contributed by atoms with Crippen LogP contribution >= 0.6 is 11.6 Å². The Morgan fingerprint density at radius 3 is 2.38 bits per heavy atom. The van der Waals surface area contributed by atoms with E-state index in [9.17, 15) is 9.59 Å². The molecular formula is C21H22ClN5O2. The Balaban J connectivity index is 1.84. The number of benzene rings is 2. The maximum atomic E-state index is 12.5. The van der Waals surface area contributed by atoms with Gasteiger partial charge < -0.3 is 15.1 Å². The monoisotopic (exact) mass is 411 g/mol. The first-order valence-corrected chi connectivity index (χ1v) is 9.77. The molecule has 0 unspecified atom stereocenters. The highest BCUT2D eigenvalue weighted by molar-refractivity contribution is 6.30. The van der Waals surface area contributed by atoms with E-state index in [1.54, 1.807) is 42.6 Å². The number of rotatable bonds is 5. The second-order valence-electron chi connectivity index (χ2n) is 6.68. The van der Waals surface area contributed by atoms with E-state index in [1.165, 1.54) is 0 Å². The maximum Gasteiger partial charge on any atom is 0.266 e. The Morgan fingerprint density at radius 2 is 1.76 bits per heavy atom. The van der Waals surface area contributed by atoms with E-state index in [-0.39, 0.29) is 11.5 Å². The number of hydrogen-bond donors (Lipinski definition) is 2. The fourth-order valence-corrected chi connectivity index (χ4v) is 3.39. The Bertz CT molecular complexity index is 931. The Hall–Kier alpha value is -3.08. The van der Waals surface area contributed by atoms with Crippen molar-refractivity contribution in [1.82, 2.24) is 10.2 Å². The highest BCUT2D eigenvalue weighted by Gasteiger charge is 2.20. The van der Waals surface area contributed by atoms with E-state index in [4.69, 9.17) is 16.9 Å². The summed E-state index contributed by atoms with van der Waals surface area (Å²) in [6, 6.07) is 11.7. The molecule has 0 aromatic heterocycles. The summed E-state index contributed by atoms with van der Waals surface area (Å²) < 4.78 is 0. The van der Waals surface area contributed by atoms with Crippen LogP contribution in [0.5, 0.6) is 0 Å². The number of carbonyl (C=O) groups is 2. The van der Waals surface area contributed by atoms with Crippen LogP contribution < -0.4 is 15.5 Å². The Kier molecular flexibility index (Phi) is 6.70. The lowest BCUT2D eigenvalue weighted by Gasteiger charge is -2.35.